The van der Waals surface area contributed by atoms with Crippen LogP contribution >= 0.6 is 11.6 Å². The normalized spacial score (nSPS) is 23.9. The molecule has 0 spiro atoms. The average Bonchev–Trinajstić information content (AvgIpc) is 3.60. The van der Waals surface area contributed by atoms with E-state index in [9.17, 15) is 32.7 Å². The van der Waals surface area contributed by atoms with Gasteiger partial charge in [-0.1, -0.05) is 41.9 Å². The van der Waals surface area contributed by atoms with Crippen molar-refractivity contribution in [3.05, 3.63) is 69.1 Å². The van der Waals surface area contributed by atoms with E-state index in [1.807, 2.05) is 30.3 Å². The molecule has 7 rings (SSSR count). The molecule has 2 aromatic carbocycles. The smallest absolute Gasteiger partial charge is 0.420 e. The second kappa shape index (κ2) is 14.7. The summed E-state index contributed by atoms with van der Waals surface area (Å²) >= 11 is 6.00. The molecule has 3 atom stereocenters. The van der Waals surface area contributed by atoms with Crippen LogP contribution in [0.1, 0.15) is 55.7 Å². The van der Waals surface area contributed by atoms with Gasteiger partial charge in [-0.2, -0.15) is 13.2 Å². The van der Waals surface area contributed by atoms with Gasteiger partial charge in [0.05, 0.1) is 16.6 Å². The number of aromatic nitrogens is 3. The minimum atomic E-state index is -4.90. The highest BCUT2D eigenvalue weighted by atomic mass is 35.5. The average molecular weight is 746 g/mol. The molecule has 16 heteroatoms. The molecule has 52 heavy (non-hydrogen) atoms. The Labute approximate surface area is 304 Å². The number of carbonyl (C=O) groups is 2. The van der Waals surface area contributed by atoms with Gasteiger partial charge >= 0.3 is 18.0 Å². The number of nitrogens with one attached hydrogen (secondary N) is 1. The third-order valence-corrected chi connectivity index (χ3v) is 11.6. The number of fused-ring (bicyclic) bond motifs is 2. The van der Waals surface area contributed by atoms with Gasteiger partial charge in [0.25, 0.3) is 5.91 Å². The van der Waals surface area contributed by atoms with Crippen molar-refractivity contribution in [3.8, 4) is 17.1 Å². The van der Waals surface area contributed by atoms with Gasteiger partial charge in [-0.3, -0.25) is 14.7 Å². The lowest BCUT2D eigenvalue weighted by Gasteiger charge is -2.45. The van der Waals surface area contributed by atoms with E-state index in [1.54, 1.807) is 4.90 Å². The Bertz CT molecular complexity index is 1810. The molecule has 3 aromatic rings. The van der Waals surface area contributed by atoms with E-state index >= 15 is 0 Å². The van der Waals surface area contributed by atoms with Crippen molar-refractivity contribution in [1.82, 2.24) is 34.4 Å². The van der Waals surface area contributed by atoms with Crippen LogP contribution in [0, 0.1) is 0 Å². The maximum Gasteiger partial charge on any atom is 0.420 e. The molecule has 1 aromatic heterocycles. The molecule has 0 aliphatic carbocycles. The highest BCUT2D eigenvalue weighted by molar-refractivity contribution is 6.32. The van der Waals surface area contributed by atoms with Crippen LogP contribution in [0.3, 0.4) is 0 Å². The van der Waals surface area contributed by atoms with Gasteiger partial charge in [0.1, 0.15) is 5.75 Å². The first-order valence-corrected chi connectivity index (χ1v) is 18.3. The van der Waals surface area contributed by atoms with Crippen molar-refractivity contribution >= 4 is 23.6 Å². The predicted octanol–water partition coefficient (Wildman–Crippen LogP) is 4.77. The van der Waals surface area contributed by atoms with E-state index in [2.05, 4.69) is 26.9 Å². The molecule has 0 radical (unpaired) electrons. The summed E-state index contributed by atoms with van der Waals surface area (Å²) in [6, 6.07) is 12.4. The lowest BCUT2D eigenvalue weighted by atomic mass is 9.96. The van der Waals surface area contributed by atoms with E-state index < -0.39 is 40.6 Å². The molecule has 12 nitrogen and oxygen atoms in total. The maximum atomic E-state index is 14.0. The second-order valence-electron chi connectivity index (χ2n) is 14.4. The molecule has 2 bridgehead atoms. The number of H-pyrrole nitrogens is 1. The highest BCUT2D eigenvalue weighted by Gasteiger charge is 2.42. The summed E-state index contributed by atoms with van der Waals surface area (Å²) in [5.41, 5.74) is -0.936. The molecule has 4 saturated heterocycles. The number of aromatic hydroxyl groups is 1. The molecular weight excluding hydrogens is 703 g/mol. The minimum Gasteiger partial charge on any atom is -0.506 e. The minimum absolute atomic E-state index is 0.00690. The van der Waals surface area contributed by atoms with Crippen LogP contribution in [0.2, 0.25) is 5.02 Å². The zero-order valence-corrected chi connectivity index (χ0v) is 29.7. The molecule has 0 saturated carbocycles. The Hall–Kier alpha value is -4.08. The standard InChI is InChI=1S/C36H43ClF3N7O5/c1-43-25-7-8-26(43)21-27(20-25)44-13-15-45(16-14-44)33(49)30(19-22-17-28(36(38,39)40)31(48)29(37)18-22)52-35(51)46-11-9-24(10-12-46)47-34(50)41-32(42-47)23-5-3-2-4-6-23/h2-6,17-18,24-27,30,48H,7-16,19-21H2,1H3,(H,41,42,50)/t25?,26?,27?,30-/m1/s1. The van der Waals surface area contributed by atoms with Crippen molar-refractivity contribution < 1.29 is 32.6 Å². The van der Waals surface area contributed by atoms with E-state index in [4.69, 9.17) is 16.3 Å². The number of alkyl halides is 3. The zero-order chi connectivity index (χ0) is 36.7. The number of hydrogen-bond acceptors (Lipinski definition) is 8. The number of halogens is 4. The van der Waals surface area contributed by atoms with Crippen LogP contribution < -0.4 is 5.69 Å². The van der Waals surface area contributed by atoms with E-state index in [-0.39, 0.29) is 36.8 Å². The zero-order valence-electron chi connectivity index (χ0n) is 28.9. The number of likely N-dealkylation sites (tertiary alicyclic amines) is 1. The van der Waals surface area contributed by atoms with E-state index in [0.29, 0.717) is 63.0 Å². The summed E-state index contributed by atoms with van der Waals surface area (Å²) < 4.78 is 48.5. The first kappa shape index (κ1) is 36.3. The van der Waals surface area contributed by atoms with Crippen LogP contribution in [-0.4, -0.2) is 122 Å². The van der Waals surface area contributed by atoms with Crippen LogP contribution in [0.25, 0.3) is 11.4 Å². The van der Waals surface area contributed by atoms with Gasteiger partial charge in [0, 0.05) is 69.4 Å². The summed E-state index contributed by atoms with van der Waals surface area (Å²) in [6.07, 6.45) is -2.10. The van der Waals surface area contributed by atoms with Crippen molar-refractivity contribution in [2.75, 3.05) is 46.3 Å². The number of ether oxygens (including phenoxy) is 1. The number of phenolic OH excluding ortho intramolecular Hbond substituents is 1. The van der Waals surface area contributed by atoms with Gasteiger partial charge in [-0.25, -0.2) is 14.3 Å². The molecular formula is C36H43ClF3N7O5. The van der Waals surface area contributed by atoms with Crippen molar-refractivity contribution in [2.45, 2.75) is 81.4 Å². The summed E-state index contributed by atoms with van der Waals surface area (Å²) in [5, 5.41) is 14.0. The Kier molecular flexibility index (Phi) is 10.3. The molecule has 4 aliphatic heterocycles. The van der Waals surface area contributed by atoms with Crippen molar-refractivity contribution in [1.29, 1.82) is 0 Å². The Morgan fingerprint density at radius 2 is 1.60 bits per heavy atom. The largest absolute Gasteiger partial charge is 0.506 e. The highest BCUT2D eigenvalue weighted by Crippen LogP contribution is 2.41. The van der Waals surface area contributed by atoms with Gasteiger partial charge in [-0.15, -0.1) is 5.10 Å². The van der Waals surface area contributed by atoms with Crippen LogP contribution in [0.5, 0.6) is 5.75 Å². The number of amides is 2. The molecule has 4 fully saturated rings. The summed E-state index contributed by atoms with van der Waals surface area (Å²) in [6.45, 7) is 2.52. The molecule has 280 valence electrons. The molecule has 4 aliphatic rings. The van der Waals surface area contributed by atoms with Gasteiger partial charge in [-0.05, 0) is 63.3 Å². The monoisotopic (exact) mass is 745 g/mol. The fraction of sp³-hybridized carbons (Fsp3) is 0.556. The number of piperidine rings is 2. The number of carbonyl (C=O) groups excluding carboxylic acids is 2. The SMILES string of the molecule is CN1C2CCC1CC(N1CCN(C(=O)[C@@H](Cc3cc(Cl)c(O)c(C(F)(F)F)c3)OC(=O)N3CCC(n4nc(-c5ccccc5)[nH]c4=O)CC3)CC1)C2. The predicted molar refractivity (Wildman–Crippen MR) is 186 cm³/mol. The topological polar surface area (TPSA) is 127 Å². The summed E-state index contributed by atoms with van der Waals surface area (Å²) in [5.74, 6) is -1.16. The van der Waals surface area contributed by atoms with Crippen molar-refractivity contribution in [3.63, 3.8) is 0 Å². The third-order valence-electron chi connectivity index (χ3n) is 11.3. The van der Waals surface area contributed by atoms with Gasteiger partial charge < -0.3 is 24.5 Å². The number of aromatic amines is 1. The number of nitrogens with zero attached hydrogens (tertiary/aromatic N) is 6. The Morgan fingerprint density at radius 1 is 0.942 bits per heavy atom. The molecule has 2 amide bonds. The fourth-order valence-corrected chi connectivity index (χ4v) is 8.62. The fourth-order valence-electron chi connectivity index (χ4n) is 8.37. The second-order valence-corrected chi connectivity index (χ2v) is 14.8. The molecule has 2 N–H and O–H groups in total. The number of rotatable bonds is 7. The van der Waals surface area contributed by atoms with Gasteiger partial charge in [0.2, 0.25) is 0 Å². The number of benzene rings is 2. The quantitative estimate of drug-likeness (QED) is 0.355. The third kappa shape index (κ3) is 7.53. The Balaban J connectivity index is 1.03. The summed E-state index contributed by atoms with van der Waals surface area (Å²) in [4.78, 5) is 51.1. The number of phenols is 1. The van der Waals surface area contributed by atoms with Crippen molar-refractivity contribution in [2.24, 2.45) is 0 Å². The van der Waals surface area contributed by atoms with Crippen LogP contribution in [-0.2, 0) is 22.1 Å². The lowest BCUT2D eigenvalue weighted by Crippen LogP contribution is -2.57. The number of hydrogen-bond donors (Lipinski definition) is 2. The van der Waals surface area contributed by atoms with Gasteiger partial charge in [0.15, 0.2) is 11.9 Å². The van der Waals surface area contributed by atoms with E-state index in [1.165, 1.54) is 22.4 Å². The summed E-state index contributed by atoms with van der Waals surface area (Å²) in [7, 11) is 2.19. The van der Waals surface area contributed by atoms with Crippen LogP contribution in [0.15, 0.2) is 47.3 Å². The van der Waals surface area contributed by atoms with E-state index in [0.717, 1.165) is 30.5 Å². The molecule has 5 heterocycles. The first-order chi connectivity index (χ1) is 24.9. The number of piperazine rings is 1. The van der Waals surface area contributed by atoms with Crippen LogP contribution in [0.4, 0.5) is 18.0 Å². The maximum absolute atomic E-state index is 14.0. The first-order valence-electron chi connectivity index (χ1n) is 17.9. The molecule has 2 unspecified atom stereocenters. The lowest BCUT2D eigenvalue weighted by molar-refractivity contribution is -0.143. The Morgan fingerprint density at radius 3 is 2.23 bits per heavy atom.